The monoisotopic (exact) mass is 351 g/mol. The van der Waals surface area contributed by atoms with E-state index >= 15 is 0 Å². The molecule has 0 aliphatic heterocycles. The maximum Gasteiger partial charge on any atom is 0.149 e. The van der Waals surface area contributed by atoms with E-state index in [-0.39, 0.29) is 0 Å². The Labute approximate surface area is 157 Å². The minimum absolute atomic E-state index is 0.323. The van der Waals surface area contributed by atoms with Gasteiger partial charge in [-0.2, -0.15) is 5.10 Å². The molecule has 8 fully saturated rings. The van der Waals surface area contributed by atoms with Crippen LogP contribution < -0.4 is 5.73 Å². The average Bonchev–Trinajstić information content (AvgIpc) is 2.96. The Bertz CT molecular complexity index is 689. The number of hydrogen-bond donors (Lipinski definition) is 1. The smallest absolute Gasteiger partial charge is 0.149 e. The topological polar surface area (TPSA) is 43.8 Å². The summed E-state index contributed by atoms with van der Waals surface area (Å²) < 4.78 is 2.43. The van der Waals surface area contributed by atoms with E-state index < -0.39 is 0 Å². The Kier molecular flexibility index (Phi) is 2.71. The van der Waals surface area contributed by atoms with Gasteiger partial charge in [0.1, 0.15) is 5.82 Å². The lowest BCUT2D eigenvalue weighted by Gasteiger charge is -2.57. The summed E-state index contributed by atoms with van der Waals surface area (Å²) in [4.78, 5) is 0. The van der Waals surface area contributed by atoms with Crippen molar-refractivity contribution in [3.05, 3.63) is 11.8 Å². The molecular weight excluding hydrogens is 318 g/mol. The second-order valence-electron chi connectivity index (χ2n) is 11.7. The van der Waals surface area contributed by atoms with Crippen molar-refractivity contribution in [2.75, 3.05) is 5.73 Å². The van der Waals surface area contributed by atoms with E-state index in [2.05, 4.69) is 10.9 Å². The van der Waals surface area contributed by atoms with E-state index in [1.807, 2.05) is 0 Å². The van der Waals surface area contributed by atoms with Crippen LogP contribution in [-0.2, 0) is 11.0 Å². The largest absolute Gasteiger partial charge is 0.382 e. The Morgan fingerprint density at radius 1 is 0.731 bits per heavy atom. The second-order valence-corrected chi connectivity index (χ2v) is 11.7. The fourth-order valence-electron chi connectivity index (χ4n) is 9.82. The molecular formula is C23H33N3. The summed E-state index contributed by atoms with van der Waals surface area (Å²) in [7, 11) is 0. The first-order valence-electron chi connectivity index (χ1n) is 11.5. The molecule has 1 aromatic rings. The number of nitrogens with two attached hydrogens (primary N) is 1. The first-order valence-corrected chi connectivity index (χ1v) is 11.5. The van der Waals surface area contributed by atoms with Crippen LogP contribution in [0.1, 0.15) is 82.6 Å². The van der Waals surface area contributed by atoms with E-state index in [4.69, 9.17) is 10.8 Å². The van der Waals surface area contributed by atoms with Crippen LogP contribution in [0.5, 0.6) is 0 Å². The zero-order chi connectivity index (χ0) is 17.1. The van der Waals surface area contributed by atoms with Gasteiger partial charge in [-0.15, -0.1) is 0 Å². The number of aromatic nitrogens is 2. The lowest BCUT2D eigenvalue weighted by molar-refractivity contribution is -0.0495. The van der Waals surface area contributed by atoms with Crippen molar-refractivity contribution in [2.24, 2.45) is 35.5 Å². The zero-order valence-corrected chi connectivity index (χ0v) is 16.0. The van der Waals surface area contributed by atoms with Gasteiger partial charge in [0.25, 0.3) is 0 Å². The van der Waals surface area contributed by atoms with Crippen LogP contribution in [0.3, 0.4) is 0 Å². The number of anilines is 1. The summed E-state index contributed by atoms with van der Waals surface area (Å²) in [5.41, 5.74) is 8.83. The van der Waals surface area contributed by atoms with Crippen LogP contribution in [0.25, 0.3) is 0 Å². The van der Waals surface area contributed by atoms with Gasteiger partial charge in [-0.25, -0.2) is 0 Å². The average molecular weight is 352 g/mol. The lowest BCUT2D eigenvalue weighted by Crippen LogP contribution is -2.52. The number of nitrogen functional groups attached to an aromatic ring is 1. The number of nitrogens with zero attached hydrogens (tertiary/aromatic N) is 2. The van der Waals surface area contributed by atoms with Crippen molar-refractivity contribution in [1.82, 2.24) is 9.78 Å². The normalized spacial score (nSPS) is 53.5. The van der Waals surface area contributed by atoms with E-state index in [9.17, 15) is 0 Å². The van der Waals surface area contributed by atoms with E-state index in [1.165, 1.54) is 82.6 Å². The maximum atomic E-state index is 6.65. The van der Waals surface area contributed by atoms with E-state index in [0.29, 0.717) is 11.0 Å². The fourth-order valence-corrected chi connectivity index (χ4v) is 9.82. The standard InChI is InChI=1S/C23H33N3/c24-21-20(22-7-14-1-15(8-22)3-16(2-14)9-22)13-26(25-21)23-10-17-4-18(11-23)6-19(5-17)12-23/h13-19H,1-12H2,(H2,24,25). The third kappa shape index (κ3) is 1.88. The molecule has 0 saturated heterocycles. The van der Waals surface area contributed by atoms with Crippen LogP contribution in [0.15, 0.2) is 6.20 Å². The van der Waals surface area contributed by atoms with Crippen LogP contribution in [0.2, 0.25) is 0 Å². The summed E-state index contributed by atoms with van der Waals surface area (Å²) in [6.07, 6.45) is 19.8. The van der Waals surface area contributed by atoms with Crippen molar-refractivity contribution < 1.29 is 0 Å². The quantitative estimate of drug-likeness (QED) is 0.827. The number of rotatable bonds is 2. The molecule has 26 heavy (non-hydrogen) atoms. The van der Waals surface area contributed by atoms with Gasteiger partial charge in [-0.05, 0) is 113 Å². The molecule has 8 saturated carbocycles. The molecule has 0 radical (unpaired) electrons. The Morgan fingerprint density at radius 3 is 1.62 bits per heavy atom. The Morgan fingerprint density at radius 2 is 1.15 bits per heavy atom. The SMILES string of the molecule is Nc1nn(C23CC4CC(CC(C4)C2)C3)cc1C12CC3CC(CC(C3)C1)C2. The number of hydrogen-bond acceptors (Lipinski definition) is 2. The molecule has 2 N–H and O–H groups in total. The molecule has 3 nitrogen and oxygen atoms in total. The molecule has 140 valence electrons. The van der Waals surface area contributed by atoms with Crippen molar-refractivity contribution in [3.8, 4) is 0 Å². The van der Waals surface area contributed by atoms with Gasteiger partial charge in [0.15, 0.2) is 0 Å². The Hall–Kier alpha value is -0.990. The predicted molar refractivity (Wildman–Crippen MR) is 103 cm³/mol. The molecule has 1 aromatic heterocycles. The van der Waals surface area contributed by atoms with Gasteiger partial charge >= 0.3 is 0 Å². The summed E-state index contributed by atoms with van der Waals surface area (Å²) in [5.74, 6) is 6.72. The first-order chi connectivity index (χ1) is 12.6. The maximum absolute atomic E-state index is 6.65. The summed E-state index contributed by atoms with van der Waals surface area (Å²) in [6, 6.07) is 0. The van der Waals surface area contributed by atoms with Gasteiger partial charge < -0.3 is 5.73 Å². The molecule has 0 unspecified atom stereocenters. The van der Waals surface area contributed by atoms with Crippen LogP contribution in [0.4, 0.5) is 5.82 Å². The second kappa shape index (κ2) is 4.70. The van der Waals surface area contributed by atoms with Crippen molar-refractivity contribution >= 4 is 5.82 Å². The molecule has 0 amide bonds. The Balaban J connectivity index is 1.29. The minimum Gasteiger partial charge on any atom is -0.382 e. The molecule has 3 heteroatoms. The van der Waals surface area contributed by atoms with Crippen LogP contribution >= 0.6 is 0 Å². The molecule has 0 aromatic carbocycles. The zero-order valence-electron chi connectivity index (χ0n) is 16.0. The highest BCUT2D eigenvalue weighted by molar-refractivity contribution is 5.45. The third-order valence-corrected chi connectivity index (χ3v) is 9.84. The highest BCUT2D eigenvalue weighted by Gasteiger charge is 2.55. The van der Waals surface area contributed by atoms with Crippen molar-refractivity contribution in [1.29, 1.82) is 0 Å². The molecule has 8 aliphatic rings. The molecule has 1 heterocycles. The van der Waals surface area contributed by atoms with Gasteiger partial charge in [0.05, 0.1) is 5.54 Å². The fraction of sp³-hybridized carbons (Fsp3) is 0.870. The van der Waals surface area contributed by atoms with Crippen LogP contribution in [-0.4, -0.2) is 9.78 Å². The van der Waals surface area contributed by atoms with E-state index in [1.54, 1.807) is 0 Å². The van der Waals surface area contributed by atoms with Crippen LogP contribution in [0, 0.1) is 35.5 Å². The minimum atomic E-state index is 0.323. The summed E-state index contributed by atoms with van der Waals surface area (Å²) >= 11 is 0. The summed E-state index contributed by atoms with van der Waals surface area (Å²) in [6.45, 7) is 0. The first kappa shape index (κ1) is 15.0. The van der Waals surface area contributed by atoms with Gasteiger partial charge in [-0.3, -0.25) is 4.68 Å². The van der Waals surface area contributed by atoms with Gasteiger partial charge in [0.2, 0.25) is 0 Å². The molecule has 0 spiro atoms. The van der Waals surface area contributed by atoms with Crippen molar-refractivity contribution in [2.45, 2.75) is 88.0 Å². The highest BCUT2D eigenvalue weighted by atomic mass is 15.3. The molecule has 8 aliphatic carbocycles. The predicted octanol–water partition coefficient (Wildman–Crippen LogP) is 4.86. The summed E-state index contributed by atoms with van der Waals surface area (Å²) in [5, 5.41) is 5.05. The molecule has 0 atom stereocenters. The lowest BCUT2D eigenvalue weighted by atomic mass is 9.48. The van der Waals surface area contributed by atoms with Crippen molar-refractivity contribution in [3.63, 3.8) is 0 Å². The molecule has 8 bridgehead atoms. The highest BCUT2D eigenvalue weighted by Crippen LogP contribution is 2.62. The van der Waals surface area contributed by atoms with Gasteiger partial charge in [0, 0.05) is 17.2 Å². The third-order valence-electron chi connectivity index (χ3n) is 9.84. The van der Waals surface area contributed by atoms with Gasteiger partial charge in [-0.1, -0.05) is 0 Å². The molecule has 9 rings (SSSR count). The van der Waals surface area contributed by atoms with E-state index in [0.717, 1.165) is 41.3 Å².